The van der Waals surface area contributed by atoms with E-state index >= 15 is 0 Å². The average molecular weight is 256 g/mol. The summed E-state index contributed by atoms with van der Waals surface area (Å²) in [5, 5.41) is 0. The third kappa shape index (κ3) is 2.68. The van der Waals surface area contributed by atoms with Gasteiger partial charge in [0, 0.05) is 18.4 Å². The number of aromatic nitrogens is 3. The van der Waals surface area contributed by atoms with Crippen LogP contribution in [-0.4, -0.2) is 26.4 Å². The Labute approximate surface area is 113 Å². The van der Waals surface area contributed by atoms with E-state index in [0.29, 0.717) is 6.04 Å². The normalized spacial score (nSPS) is 20.6. The quantitative estimate of drug-likeness (QED) is 0.918. The molecule has 0 aromatic carbocycles. The van der Waals surface area contributed by atoms with E-state index in [1.54, 1.807) is 6.33 Å². The molecule has 3 heterocycles. The van der Waals surface area contributed by atoms with Crippen molar-refractivity contribution in [3.8, 4) is 0 Å². The first kappa shape index (κ1) is 12.4. The van der Waals surface area contributed by atoms with Gasteiger partial charge in [-0.15, -0.1) is 0 Å². The maximum atomic E-state index is 4.53. The van der Waals surface area contributed by atoms with Crippen molar-refractivity contribution in [2.45, 2.75) is 38.8 Å². The number of pyridine rings is 1. The van der Waals surface area contributed by atoms with Crippen molar-refractivity contribution in [1.29, 1.82) is 0 Å². The molecule has 0 amide bonds. The van der Waals surface area contributed by atoms with E-state index in [4.69, 9.17) is 0 Å². The molecule has 0 spiro atoms. The molecule has 1 atom stereocenters. The highest BCUT2D eigenvalue weighted by molar-refractivity contribution is 5.13. The lowest BCUT2D eigenvalue weighted by atomic mass is 9.98. The number of hydrogen-bond acceptors (Lipinski definition) is 3. The summed E-state index contributed by atoms with van der Waals surface area (Å²) in [7, 11) is 0. The van der Waals surface area contributed by atoms with Crippen LogP contribution < -0.4 is 0 Å². The fourth-order valence-corrected chi connectivity index (χ4v) is 2.83. The Balaban J connectivity index is 1.80. The number of aromatic amines is 1. The van der Waals surface area contributed by atoms with Crippen LogP contribution in [0.3, 0.4) is 0 Å². The van der Waals surface area contributed by atoms with Gasteiger partial charge in [-0.1, -0.05) is 12.5 Å². The summed E-state index contributed by atoms with van der Waals surface area (Å²) < 4.78 is 0. The highest BCUT2D eigenvalue weighted by Crippen LogP contribution is 2.30. The van der Waals surface area contributed by atoms with Gasteiger partial charge in [0.15, 0.2) is 0 Å². The predicted octanol–water partition coefficient (Wildman–Crippen LogP) is 2.84. The summed E-state index contributed by atoms with van der Waals surface area (Å²) >= 11 is 0. The van der Waals surface area contributed by atoms with Crippen molar-refractivity contribution in [2.75, 3.05) is 6.54 Å². The molecule has 2 aromatic rings. The van der Waals surface area contributed by atoms with Crippen LogP contribution in [-0.2, 0) is 6.54 Å². The van der Waals surface area contributed by atoms with Gasteiger partial charge in [0.25, 0.3) is 0 Å². The topological polar surface area (TPSA) is 44.8 Å². The molecule has 0 aliphatic carbocycles. The maximum Gasteiger partial charge on any atom is 0.0925 e. The lowest BCUT2D eigenvalue weighted by molar-refractivity contribution is 0.135. The molecule has 0 bridgehead atoms. The molecule has 4 nitrogen and oxygen atoms in total. The number of hydrogen-bond donors (Lipinski definition) is 1. The fraction of sp³-hybridized carbons (Fsp3) is 0.467. The zero-order chi connectivity index (χ0) is 13.1. The van der Waals surface area contributed by atoms with Crippen molar-refractivity contribution in [2.24, 2.45) is 0 Å². The highest BCUT2D eigenvalue weighted by atomic mass is 15.2. The van der Waals surface area contributed by atoms with Gasteiger partial charge >= 0.3 is 0 Å². The first-order valence-electron chi connectivity index (χ1n) is 6.98. The van der Waals surface area contributed by atoms with Crippen LogP contribution in [0.15, 0.2) is 30.7 Å². The standard InChI is InChI=1S/C15H20N4/c1-12-14(18-11-17-12)10-19-9-5-3-7-15(19)13-6-2-4-8-16-13/h2,4,6,8,11,15H,3,5,7,9-10H2,1H3,(H,17,18)/t15-/m0/s1. The van der Waals surface area contributed by atoms with Crippen molar-refractivity contribution >= 4 is 0 Å². The zero-order valence-electron chi connectivity index (χ0n) is 11.3. The van der Waals surface area contributed by atoms with Crippen LogP contribution in [0.5, 0.6) is 0 Å². The van der Waals surface area contributed by atoms with E-state index in [0.717, 1.165) is 18.8 Å². The van der Waals surface area contributed by atoms with Crippen LogP contribution in [0, 0.1) is 6.92 Å². The largest absolute Gasteiger partial charge is 0.348 e. The van der Waals surface area contributed by atoms with Crippen LogP contribution in [0.25, 0.3) is 0 Å². The second kappa shape index (κ2) is 5.53. The van der Waals surface area contributed by atoms with E-state index in [2.05, 4.69) is 38.9 Å². The molecule has 19 heavy (non-hydrogen) atoms. The van der Waals surface area contributed by atoms with Crippen LogP contribution >= 0.6 is 0 Å². The summed E-state index contributed by atoms with van der Waals surface area (Å²) in [6.07, 6.45) is 7.43. The number of likely N-dealkylation sites (tertiary alicyclic amines) is 1. The lowest BCUT2D eigenvalue weighted by Gasteiger charge is -2.35. The molecule has 3 rings (SSSR count). The average Bonchev–Trinajstić information content (AvgIpc) is 2.86. The van der Waals surface area contributed by atoms with Gasteiger partial charge < -0.3 is 4.98 Å². The minimum atomic E-state index is 0.436. The minimum Gasteiger partial charge on any atom is -0.348 e. The number of piperidine rings is 1. The van der Waals surface area contributed by atoms with Gasteiger partial charge in [0.2, 0.25) is 0 Å². The van der Waals surface area contributed by atoms with Crippen LogP contribution in [0.2, 0.25) is 0 Å². The minimum absolute atomic E-state index is 0.436. The summed E-state index contributed by atoms with van der Waals surface area (Å²) in [6.45, 7) is 4.13. The van der Waals surface area contributed by atoms with Gasteiger partial charge in [0.1, 0.15) is 0 Å². The molecule has 1 N–H and O–H groups in total. The Morgan fingerprint density at radius 1 is 1.32 bits per heavy atom. The van der Waals surface area contributed by atoms with Crippen molar-refractivity contribution in [1.82, 2.24) is 19.9 Å². The van der Waals surface area contributed by atoms with Crippen molar-refractivity contribution in [3.63, 3.8) is 0 Å². The second-order valence-electron chi connectivity index (χ2n) is 5.21. The number of aryl methyl sites for hydroxylation is 1. The summed E-state index contributed by atoms with van der Waals surface area (Å²) in [5.41, 5.74) is 3.52. The Morgan fingerprint density at radius 3 is 3.00 bits per heavy atom. The monoisotopic (exact) mass is 256 g/mol. The third-order valence-corrected chi connectivity index (χ3v) is 3.93. The molecule has 4 heteroatoms. The predicted molar refractivity (Wildman–Crippen MR) is 74.6 cm³/mol. The van der Waals surface area contributed by atoms with Gasteiger partial charge in [-0.2, -0.15) is 0 Å². The van der Waals surface area contributed by atoms with Gasteiger partial charge in [-0.25, -0.2) is 4.98 Å². The number of nitrogens with one attached hydrogen (secondary N) is 1. The number of rotatable bonds is 3. The van der Waals surface area contributed by atoms with Gasteiger partial charge in [-0.3, -0.25) is 9.88 Å². The molecule has 0 radical (unpaired) electrons. The van der Waals surface area contributed by atoms with Gasteiger partial charge in [0.05, 0.1) is 23.8 Å². The summed E-state index contributed by atoms with van der Waals surface area (Å²) in [4.78, 5) is 14.6. The maximum absolute atomic E-state index is 4.53. The first-order valence-corrected chi connectivity index (χ1v) is 6.98. The molecular weight excluding hydrogens is 236 g/mol. The van der Waals surface area contributed by atoms with Crippen molar-refractivity contribution < 1.29 is 0 Å². The Bertz CT molecular complexity index is 520. The zero-order valence-corrected chi connectivity index (χ0v) is 11.3. The molecule has 1 saturated heterocycles. The second-order valence-corrected chi connectivity index (χ2v) is 5.21. The Hall–Kier alpha value is -1.68. The SMILES string of the molecule is Cc1[nH]cnc1CN1CCCC[C@H]1c1ccccn1. The number of H-pyrrole nitrogens is 1. The first-order chi connectivity index (χ1) is 9.34. The highest BCUT2D eigenvalue weighted by Gasteiger charge is 2.25. The molecule has 1 fully saturated rings. The van der Waals surface area contributed by atoms with E-state index in [1.165, 1.54) is 30.7 Å². The molecule has 0 saturated carbocycles. The van der Waals surface area contributed by atoms with E-state index in [9.17, 15) is 0 Å². The molecule has 2 aromatic heterocycles. The van der Waals surface area contributed by atoms with Gasteiger partial charge in [-0.05, 0) is 38.4 Å². The van der Waals surface area contributed by atoms with Crippen LogP contribution in [0.4, 0.5) is 0 Å². The molecule has 0 unspecified atom stereocenters. The van der Waals surface area contributed by atoms with E-state index < -0.39 is 0 Å². The molecule has 1 aliphatic rings. The summed E-state index contributed by atoms with van der Waals surface area (Å²) in [5.74, 6) is 0. The van der Waals surface area contributed by atoms with E-state index in [-0.39, 0.29) is 0 Å². The number of imidazole rings is 1. The van der Waals surface area contributed by atoms with Crippen LogP contribution in [0.1, 0.15) is 42.4 Å². The lowest BCUT2D eigenvalue weighted by Crippen LogP contribution is -2.33. The smallest absolute Gasteiger partial charge is 0.0925 e. The fourth-order valence-electron chi connectivity index (χ4n) is 2.83. The van der Waals surface area contributed by atoms with E-state index in [1.807, 2.05) is 12.3 Å². The Morgan fingerprint density at radius 2 is 2.26 bits per heavy atom. The van der Waals surface area contributed by atoms with Crippen molar-refractivity contribution in [3.05, 3.63) is 47.8 Å². The molecular formula is C15H20N4. The third-order valence-electron chi connectivity index (χ3n) is 3.93. The summed E-state index contributed by atoms with van der Waals surface area (Å²) in [6, 6.07) is 6.63. The molecule has 100 valence electrons. The Kier molecular flexibility index (Phi) is 3.60. The number of nitrogens with zero attached hydrogens (tertiary/aromatic N) is 3. The molecule has 1 aliphatic heterocycles.